The number of hydrazine groups is 1. The van der Waals surface area contributed by atoms with Gasteiger partial charge in [0, 0.05) is 13.6 Å². The van der Waals surface area contributed by atoms with E-state index in [1.165, 1.54) is 4.90 Å². The number of rotatable bonds is 4. The van der Waals surface area contributed by atoms with Crippen molar-refractivity contribution in [2.45, 2.75) is 6.92 Å². The van der Waals surface area contributed by atoms with Gasteiger partial charge in [0.05, 0.1) is 23.2 Å². The van der Waals surface area contributed by atoms with Gasteiger partial charge < -0.3 is 10.3 Å². The number of anilines is 1. The first kappa shape index (κ1) is 13.0. The Hall–Kier alpha value is -2.06. The van der Waals surface area contributed by atoms with Gasteiger partial charge in [-0.25, -0.2) is 0 Å². The van der Waals surface area contributed by atoms with Gasteiger partial charge in [-0.2, -0.15) is 5.26 Å². The molecule has 0 aliphatic carbocycles. The normalized spacial score (nSPS) is 11.4. The predicted octanol–water partition coefficient (Wildman–Crippen LogP) is 1.20. The lowest BCUT2D eigenvalue weighted by Gasteiger charge is -2.19. The summed E-state index contributed by atoms with van der Waals surface area (Å²) in [5.74, 6) is 5.00. The van der Waals surface area contributed by atoms with Crippen molar-refractivity contribution < 1.29 is 4.79 Å². The number of para-hydroxylation sites is 1. The van der Waals surface area contributed by atoms with Gasteiger partial charge in [-0.05, 0) is 19.1 Å². The molecular weight excluding hydrogens is 216 g/mol. The van der Waals surface area contributed by atoms with Crippen LogP contribution in [0, 0.1) is 17.2 Å². The Morgan fingerprint density at radius 2 is 2.24 bits per heavy atom. The second-order valence-electron chi connectivity index (χ2n) is 3.91. The van der Waals surface area contributed by atoms with Crippen molar-refractivity contribution in [2.75, 3.05) is 19.0 Å². The summed E-state index contributed by atoms with van der Waals surface area (Å²) in [6.07, 6.45) is 0. The molecular formula is C12H16N4O. The lowest BCUT2D eigenvalue weighted by molar-refractivity contribution is 0.0786. The van der Waals surface area contributed by atoms with Crippen molar-refractivity contribution in [1.29, 1.82) is 5.26 Å². The van der Waals surface area contributed by atoms with E-state index in [0.717, 1.165) is 0 Å². The van der Waals surface area contributed by atoms with Crippen LogP contribution in [0.3, 0.4) is 0 Å². The maximum absolute atomic E-state index is 12.1. The molecule has 90 valence electrons. The Labute approximate surface area is 101 Å². The van der Waals surface area contributed by atoms with Gasteiger partial charge >= 0.3 is 0 Å². The number of hydrogen-bond acceptors (Lipinski definition) is 4. The van der Waals surface area contributed by atoms with Crippen LogP contribution in [0.1, 0.15) is 17.3 Å². The molecule has 1 aromatic rings. The van der Waals surface area contributed by atoms with Crippen molar-refractivity contribution >= 4 is 11.6 Å². The van der Waals surface area contributed by atoms with Gasteiger partial charge in [0.2, 0.25) is 0 Å². The zero-order valence-corrected chi connectivity index (χ0v) is 9.97. The first-order chi connectivity index (χ1) is 8.10. The third-order valence-corrected chi connectivity index (χ3v) is 2.43. The van der Waals surface area contributed by atoms with E-state index in [4.69, 9.17) is 11.1 Å². The summed E-state index contributed by atoms with van der Waals surface area (Å²) in [6, 6.07) is 9.10. The molecule has 0 bridgehead atoms. The molecule has 0 aliphatic rings. The van der Waals surface area contributed by atoms with Crippen molar-refractivity contribution in [1.82, 2.24) is 4.90 Å². The Balaban J connectivity index is 2.86. The van der Waals surface area contributed by atoms with Gasteiger partial charge in [-0.15, -0.1) is 0 Å². The molecule has 0 fully saturated rings. The molecule has 0 spiro atoms. The third kappa shape index (κ3) is 3.20. The average molecular weight is 232 g/mol. The van der Waals surface area contributed by atoms with E-state index >= 15 is 0 Å². The summed E-state index contributed by atoms with van der Waals surface area (Å²) in [7, 11) is 1.67. The smallest absolute Gasteiger partial charge is 0.255 e. The highest BCUT2D eigenvalue weighted by atomic mass is 16.2. The summed E-state index contributed by atoms with van der Waals surface area (Å²) in [5.41, 5.74) is 3.57. The second-order valence-corrected chi connectivity index (χ2v) is 3.91. The maximum atomic E-state index is 12.1. The predicted molar refractivity (Wildman–Crippen MR) is 66.0 cm³/mol. The van der Waals surface area contributed by atoms with E-state index in [2.05, 4.69) is 11.5 Å². The summed E-state index contributed by atoms with van der Waals surface area (Å²) in [6.45, 7) is 2.17. The SMILES string of the molecule is CC(C#N)CN(C)C(=O)c1ccccc1NN. The van der Waals surface area contributed by atoms with Crippen LogP contribution in [0.15, 0.2) is 24.3 Å². The van der Waals surface area contributed by atoms with Gasteiger partial charge in [-0.1, -0.05) is 12.1 Å². The fraction of sp³-hybridized carbons (Fsp3) is 0.333. The number of nitriles is 1. The number of amides is 1. The van der Waals surface area contributed by atoms with Crippen LogP contribution in [0.2, 0.25) is 0 Å². The van der Waals surface area contributed by atoms with Crippen molar-refractivity contribution in [2.24, 2.45) is 11.8 Å². The van der Waals surface area contributed by atoms with Crippen LogP contribution in [-0.4, -0.2) is 24.4 Å². The molecule has 1 amide bonds. The molecule has 17 heavy (non-hydrogen) atoms. The Morgan fingerprint density at radius 3 is 2.82 bits per heavy atom. The van der Waals surface area contributed by atoms with Crippen LogP contribution in [0.4, 0.5) is 5.69 Å². The molecule has 0 saturated carbocycles. The molecule has 0 aliphatic heterocycles. The quantitative estimate of drug-likeness (QED) is 0.603. The fourth-order valence-corrected chi connectivity index (χ4v) is 1.54. The molecule has 0 saturated heterocycles. The minimum atomic E-state index is -0.193. The highest BCUT2D eigenvalue weighted by Gasteiger charge is 2.16. The summed E-state index contributed by atoms with van der Waals surface area (Å²) in [4.78, 5) is 13.6. The molecule has 5 nitrogen and oxygen atoms in total. The molecule has 1 rings (SSSR count). The minimum absolute atomic E-state index is 0.152. The Bertz CT molecular complexity index is 438. The molecule has 3 N–H and O–H groups in total. The van der Waals surface area contributed by atoms with E-state index < -0.39 is 0 Å². The third-order valence-electron chi connectivity index (χ3n) is 2.43. The molecule has 5 heteroatoms. The second kappa shape index (κ2) is 5.87. The summed E-state index contributed by atoms with van der Waals surface area (Å²) >= 11 is 0. The molecule has 0 heterocycles. The first-order valence-electron chi connectivity index (χ1n) is 5.31. The number of benzene rings is 1. The monoisotopic (exact) mass is 232 g/mol. The number of carbonyl (C=O) groups is 1. The minimum Gasteiger partial charge on any atom is -0.340 e. The van der Waals surface area contributed by atoms with Crippen LogP contribution in [0.25, 0.3) is 0 Å². The van der Waals surface area contributed by atoms with Crippen LogP contribution >= 0.6 is 0 Å². The largest absolute Gasteiger partial charge is 0.340 e. The Kier molecular flexibility index (Phi) is 4.49. The molecule has 1 unspecified atom stereocenters. The average Bonchev–Trinajstić information content (AvgIpc) is 2.37. The van der Waals surface area contributed by atoms with E-state index in [0.29, 0.717) is 17.8 Å². The Morgan fingerprint density at radius 1 is 1.59 bits per heavy atom. The number of hydrogen-bond donors (Lipinski definition) is 2. The van der Waals surface area contributed by atoms with Gasteiger partial charge in [0.1, 0.15) is 0 Å². The van der Waals surface area contributed by atoms with Gasteiger partial charge in [0.15, 0.2) is 0 Å². The number of nitrogens with one attached hydrogen (secondary N) is 1. The fourth-order valence-electron chi connectivity index (χ4n) is 1.54. The molecule has 0 radical (unpaired) electrons. The molecule has 0 aromatic heterocycles. The maximum Gasteiger partial charge on any atom is 0.255 e. The standard InChI is InChI=1S/C12H16N4O/c1-9(7-13)8-16(2)12(17)10-5-3-4-6-11(10)15-14/h3-6,9,15H,8,14H2,1-2H3. The zero-order chi connectivity index (χ0) is 12.8. The lowest BCUT2D eigenvalue weighted by atomic mass is 10.1. The topological polar surface area (TPSA) is 82.2 Å². The van der Waals surface area contributed by atoms with Crippen LogP contribution in [-0.2, 0) is 0 Å². The van der Waals surface area contributed by atoms with E-state index in [1.54, 1.807) is 38.2 Å². The lowest BCUT2D eigenvalue weighted by Crippen LogP contribution is -2.31. The van der Waals surface area contributed by atoms with Crippen LogP contribution < -0.4 is 11.3 Å². The van der Waals surface area contributed by atoms with E-state index in [1.807, 2.05) is 0 Å². The van der Waals surface area contributed by atoms with Crippen LogP contribution in [0.5, 0.6) is 0 Å². The number of carbonyl (C=O) groups excluding carboxylic acids is 1. The highest BCUT2D eigenvalue weighted by molar-refractivity contribution is 5.99. The van der Waals surface area contributed by atoms with E-state index in [9.17, 15) is 4.79 Å². The van der Waals surface area contributed by atoms with Crippen molar-refractivity contribution in [3.8, 4) is 6.07 Å². The van der Waals surface area contributed by atoms with Gasteiger partial charge in [0.25, 0.3) is 5.91 Å². The summed E-state index contributed by atoms with van der Waals surface area (Å²) in [5, 5.41) is 8.72. The number of nitrogens with zero attached hydrogens (tertiary/aromatic N) is 2. The molecule has 1 atom stereocenters. The zero-order valence-electron chi connectivity index (χ0n) is 9.97. The number of nitrogens with two attached hydrogens (primary N) is 1. The number of nitrogen functional groups attached to an aromatic ring is 1. The summed E-state index contributed by atoms with van der Waals surface area (Å²) < 4.78 is 0. The van der Waals surface area contributed by atoms with Crippen molar-refractivity contribution in [3.05, 3.63) is 29.8 Å². The van der Waals surface area contributed by atoms with Gasteiger partial charge in [-0.3, -0.25) is 10.6 Å². The molecule has 1 aromatic carbocycles. The highest BCUT2D eigenvalue weighted by Crippen LogP contribution is 2.15. The first-order valence-corrected chi connectivity index (χ1v) is 5.31. The van der Waals surface area contributed by atoms with E-state index in [-0.39, 0.29) is 11.8 Å². The van der Waals surface area contributed by atoms with Crippen molar-refractivity contribution in [3.63, 3.8) is 0 Å².